The molecule has 13 heavy (non-hydrogen) atoms. The van der Waals surface area contributed by atoms with Gasteiger partial charge in [-0.1, -0.05) is 0 Å². The van der Waals surface area contributed by atoms with Gasteiger partial charge in [-0.25, -0.2) is 4.39 Å². The second-order valence-corrected chi connectivity index (χ2v) is 4.07. The molecule has 0 heterocycles. The van der Waals surface area contributed by atoms with E-state index < -0.39 is 16.6 Å². The Morgan fingerprint density at radius 3 is 2.85 bits per heavy atom. The van der Waals surface area contributed by atoms with Crippen LogP contribution in [0.5, 0.6) is 0 Å². The van der Waals surface area contributed by atoms with Crippen LogP contribution in [0.4, 0.5) is 4.39 Å². The highest BCUT2D eigenvalue weighted by molar-refractivity contribution is 7.83. The Morgan fingerprint density at radius 1 is 1.62 bits per heavy atom. The third-order valence-corrected chi connectivity index (χ3v) is 2.26. The van der Waals surface area contributed by atoms with Crippen molar-refractivity contribution in [2.24, 2.45) is 0 Å². The molecule has 2 nitrogen and oxygen atoms in total. The molecule has 0 saturated carbocycles. The summed E-state index contributed by atoms with van der Waals surface area (Å²) in [4.78, 5) is 0. The van der Waals surface area contributed by atoms with Crippen LogP contribution in [0, 0.1) is 17.1 Å². The minimum Gasteiger partial charge on any atom is -0.260 e. The molecule has 0 saturated heterocycles. The number of hydrogen-bond acceptors (Lipinski definition) is 2. The van der Waals surface area contributed by atoms with Gasteiger partial charge in [0.25, 0.3) is 0 Å². The highest BCUT2D eigenvalue weighted by Gasteiger charge is 2.04. The molecule has 0 aliphatic heterocycles. The quantitative estimate of drug-likeness (QED) is 0.722. The smallest absolute Gasteiger partial charge is 0.123 e. The van der Waals surface area contributed by atoms with E-state index >= 15 is 0 Å². The molecule has 68 valence electrons. The van der Waals surface area contributed by atoms with Crippen LogP contribution in [0.1, 0.15) is 11.1 Å². The van der Waals surface area contributed by atoms with Crippen molar-refractivity contribution in [1.82, 2.24) is 0 Å². The summed E-state index contributed by atoms with van der Waals surface area (Å²) in [7, 11) is -1.05. The maximum atomic E-state index is 12.7. The Hall–Kier alpha value is -1.21. The first kappa shape index (κ1) is 9.87. The summed E-state index contributed by atoms with van der Waals surface area (Å²) in [6.45, 7) is 0. The Morgan fingerprint density at radius 2 is 2.31 bits per heavy atom. The van der Waals surface area contributed by atoms with Crippen LogP contribution in [0.2, 0.25) is 0 Å². The van der Waals surface area contributed by atoms with E-state index in [-0.39, 0.29) is 5.75 Å². The van der Waals surface area contributed by atoms with E-state index in [1.807, 2.05) is 6.07 Å². The summed E-state index contributed by atoms with van der Waals surface area (Å²) in [5.41, 5.74) is 0.889. The van der Waals surface area contributed by atoms with Crippen molar-refractivity contribution in [3.05, 3.63) is 35.1 Å². The van der Waals surface area contributed by atoms with Gasteiger partial charge in [0.05, 0.1) is 11.6 Å². The SMILES string of the molecule is CS(=O)Cc1cc(F)ccc1C#N. The molecule has 1 aromatic carbocycles. The first-order valence-electron chi connectivity index (χ1n) is 3.62. The lowest BCUT2D eigenvalue weighted by atomic mass is 10.1. The van der Waals surface area contributed by atoms with Crippen LogP contribution in [-0.2, 0) is 16.6 Å². The summed E-state index contributed by atoms with van der Waals surface area (Å²) in [5.74, 6) is -0.180. The average Bonchev–Trinajstić information content (AvgIpc) is 2.03. The fourth-order valence-electron chi connectivity index (χ4n) is 1.01. The predicted octanol–water partition coefficient (Wildman–Crippen LogP) is 1.58. The summed E-state index contributed by atoms with van der Waals surface area (Å²) in [6, 6.07) is 5.80. The first-order chi connectivity index (χ1) is 6.13. The summed E-state index contributed by atoms with van der Waals surface area (Å²) >= 11 is 0. The third kappa shape index (κ3) is 2.63. The first-order valence-corrected chi connectivity index (χ1v) is 5.34. The monoisotopic (exact) mass is 197 g/mol. The Balaban J connectivity index is 3.10. The molecule has 0 radical (unpaired) electrons. The van der Waals surface area contributed by atoms with E-state index in [9.17, 15) is 8.60 Å². The van der Waals surface area contributed by atoms with Gasteiger partial charge in [-0.15, -0.1) is 0 Å². The fourth-order valence-corrected chi connectivity index (χ4v) is 1.69. The molecule has 0 aliphatic rings. The summed E-state index contributed by atoms with van der Waals surface area (Å²) in [6.07, 6.45) is 1.52. The lowest BCUT2D eigenvalue weighted by Crippen LogP contribution is -1.96. The minimum absolute atomic E-state index is 0.223. The molecule has 1 atom stereocenters. The number of nitrogens with zero attached hydrogens (tertiary/aromatic N) is 1. The van der Waals surface area contributed by atoms with Gasteiger partial charge >= 0.3 is 0 Å². The van der Waals surface area contributed by atoms with E-state index in [0.717, 1.165) is 0 Å². The van der Waals surface area contributed by atoms with Gasteiger partial charge in [0.1, 0.15) is 5.82 Å². The standard InChI is InChI=1S/C9H8FNOS/c1-13(12)6-8-4-9(10)3-2-7(8)5-11/h2-4H,6H2,1H3. The third-order valence-electron chi connectivity index (χ3n) is 1.55. The Bertz CT molecular complexity index is 384. The van der Waals surface area contributed by atoms with Crippen LogP contribution >= 0.6 is 0 Å². The van der Waals surface area contributed by atoms with Crippen LogP contribution in [0.25, 0.3) is 0 Å². The van der Waals surface area contributed by atoms with Crippen LogP contribution < -0.4 is 0 Å². The fraction of sp³-hybridized carbons (Fsp3) is 0.222. The molecule has 0 spiro atoms. The molecule has 0 bridgehead atoms. The van der Waals surface area contributed by atoms with Gasteiger partial charge in [-0.2, -0.15) is 5.26 Å². The summed E-state index contributed by atoms with van der Waals surface area (Å²) < 4.78 is 23.6. The number of rotatable bonds is 2. The van der Waals surface area contributed by atoms with Crippen LogP contribution in [0.3, 0.4) is 0 Å². The summed E-state index contributed by atoms with van der Waals surface area (Å²) in [5, 5.41) is 8.65. The van der Waals surface area contributed by atoms with Gasteiger partial charge in [-0.05, 0) is 23.8 Å². The Labute approximate surface area is 78.5 Å². The van der Waals surface area contributed by atoms with Gasteiger partial charge in [-0.3, -0.25) is 4.21 Å². The van der Waals surface area contributed by atoms with Crippen LogP contribution in [-0.4, -0.2) is 10.5 Å². The topological polar surface area (TPSA) is 40.9 Å². The molecule has 0 amide bonds. The zero-order chi connectivity index (χ0) is 9.84. The number of nitriles is 1. The molecule has 1 unspecified atom stereocenters. The van der Waals surface area contributed by atoms with Crippen molar-refractivity contribution >= 4 is 10.8 Å². The zero-order valence-corrected chi connectivity index (χ0v) is 7.90. The predicted molar refractivity (Wildman–Crippen MR) is 48.9 cm³/mol. The number of hydrogen-bond donors (Lipinski definition) is 0. The lowest BCUT2D eigenvalue weighted by Gasteiger charge is -2.00. The maximum absolute atomic E-state index is 12.7. The zero-order valence-electron chi connectivity index (χ0n) is 7.08. The van der Waals surface area contributed by atoms with E-state index in [1.165, 1.54) is 24.5 Å². The molecule has 0 fully saturated rings. The van der Waals surface area contributed by atoms with Gasteiger partial charge < -0.3 is 0 Å². The molecular weight excluding hydrogens is 189 g/mol. The molecular formula is C9H8FNOS. The highest BCUT2D eigenvalue weighted by atomic mass is 32.2. The van der Waals surface area contributed by atoms with Crippen molar-refractivity contribution in [3.63, 3.8) is 0 Å². The van der Waals surface area contributed by atoms with Crippen molar-refractivity contribution in [1.29, 1.82) is 5.26 Å². The van der Waals surface area contributed by atoms with Crippen molar-refractivity contribution in [3.8, 4) is 6.07 Å². The van der Waals surface area contributed by atoms with Crippen molar-refractivity contribution in [2.45, 2.75) is 5.75 Å². The number of benzene rings is 1. The molecule has 0 aliphatic carbocycles. The maximum Gasteiger partial charge on any atom is 0.123 e. The molecule has 0 aromatic heterocycles. The van der Waals surface area contributed by atoms with Crippen molar-refractivity contribution in [2.75, 3.05) is 6.26 Å². The second kappa shape index (κ2) is 4.15. The molecule has 1 aromatic rings. The van der Waals surface area contributed by atoms with E-state index in [0.29, 0.717) is 11.1 Å². The number of halogens is 1. The van der Waals surface area contributed by atoms with E-state index in [2.05, 4.69) is 0 Å². The minimum atomic E-state index is -1.05. The average molecular weight is 197 g/mol. The second-order valence-electron chi connectivity index (χ2n) is 2.63. The molecule has 0 N–H and O–H groups in total. The Kier molecular flexibility index (Phi) is 3.15. The van der Waals surface area contributed by atoms with E-state index in [1.54, 1.807) is 0 Å². The molecule has 1 rings (SSSR count). The largest absolute Gasteiger partial charge is 0.260 e. The van der Waals surface area contributed by atoms with Crippen LogP contribution in [0.15, 0.2) is 18.2 Å². The highest BCUT2D eigenvalue weighted by Crippen LogP contribution is 2.11. The van der Waals surface area contributed by atoms with Gasteiger partial charge in [0.15, 0.2) is 0 Å². The molecule has 4 heteroatoms. The van der Waals surface area contributed by atoms with Gasteiger partial charge in [0.2, 0.25) is 0 Å². The van der Waals surface area contributed by atoms with E-state index in [4.69, 9.17) is 5.26 Å². The normalized spacial score (nSPS) is 12.1. The lowest BCUT2D eigenvalue weighted by molar-refractivity contribution is 0.626. The van der Waals surface area contributed by atoms with Gasteiger partial charge in [0, 0.05) is 22.8 Å². The van der Waals surface area contributed by atoms with Crippen molar-refractivity contribution < 1.29 is 8.60 Å².